The monoisotopic (exact) mass is 445 g/mol. The maximum Gasteiger partial charge on any atom is 0.244 e. The zero-order valence-corrected chi connectivity index (χ0v) is 18.7. The Morgan fingerprint density at radius 1 is 0.879 bits per heavy atom. The Morgan fingerprint density at radius 3 is 2.39 bits per heavy atom. The number of ether oxygens (including phenoxy) is 4. The number of anilines is 2. The van der Waals surface area contributed by atoms with Crippen LogP contribution in [0.25, 0.3) is 0 Å². The lowest BCUT2D eigenvalue weighted by Crippen LogP contribution is -2.16. The van der Waals surface area contributed by atoms with Crippen LogP contribution in [0.4, 0.5) is 11.5 Å². The van der Waals surface area contributed by atoms with Crippen molar-refractivity contribution in [3.8, 4) is 29.0 Å². The zero-order valence-electron chi connectivity index (χ0n) is 18.7. The predicted octanol–water partition coefficient (Wildman–Crippen LogP) is 4.56. The Hall–Kier alpha value is -4.27. The predicted molar refractivity (Wildman–Crippen MR) is 122 cm³/mol. The number of fused-ring (bicyclic) bond motifs is 2. The van der Waals surface area contributed by atoms with Crippen LogP contribution in [-0.2, 0) is 0 Å². The van der Waals surface area contributed by atoms with Gasteiger partial charge in [-0.2, -0.15) is 0 Å². The van der Waals surface area contributed by atoms with Crippen molar-refractivity contribution >= 4 is 11.5 Å². The molecule has 0 radical (unpaired) electrons. The van der Waals surface area contributed by atoms with Crippen LogP contribution >= 0.6 is 0 Å². The number of aromatic amines is 1. The van der Waals surface area contributed by atoms with Gasteiger partial charge in [0.15, 0.2) is 11.5 Å². The first-order valence-corrected chi connectivity index (χ1v) is 10.3. The zero-order chi connectivity index (χ0) is 22.9. The third-order valence-electron chi connectivity index (χ3n) is 5.67. The average molecular weight is 445 g/mol. The summed E-state index contributed by atoms with van der Waals surface area (Å²) < 4.78 is 22.3. The minimum absolute atomic E-state index is 0.246. The van der Waals surface area contributed by atoms with Gasteiger partial charge in [0.2, 0.25) is 11.8 Å². The van der Waals surface area contributed by atoms with Gasteiger partial charge in [-0.05, 0) is 48.9 Å². The molecule has 1 aliphatic rings. The van der Waals surface area contributed by atoms with E-state index in [4.69, 9.17) is 18.9 Å². The molecular weight excluding hydrogens is 422 g/mol. The number of hydrogen-bond donors (Lipinski definition) is 2. The molecule has 2 aromatic heterocycles. The summed E-state index contributed by atoms with van der Waals surface area (Å²) in [5.74, 6) is 3.38. The van der Waals surface area contributed by atoms with Crippen LogP contribution in [0.5, 0.6) is 29.0 Å². The number of nitrogens with zero attached hydrogens (tertiary/aromatic N) is 3. The summed E-state index contributed by atoms with van der Waals surface area (Å²) in [6.07, 6.45) is 1.47. The van der Waals surface area contributed by atoms with Crippen molar-refractivity contribution < 1.29 is 18.9 Å². The molecule has 9 heteroatoms. The van der Waals surface area contributed by atoms with Crippen LogP contribution in [0.1, 0.15) is 28.3 Å². The normalized spacial score (nSPS) is 14.0. The van der Waals surface area contributed by atoms with Gasteiger partial charge in [0, 0.05) is 16.9 Å². The number of aryl methyl sites for hydroxylation is 1. The van der Waals surface area contributed by atoms with Crippen molar-refractivity contribution in [1.29, 1.82) is 0 Å². The van der Waals surface area contributed by atoms with Gasteiger partial charge in [0.25, 0.3) is 0 Å². The van der Waals surface area contributed by atoms with E-state index < -0.39 is 0 Å². The Kier molecular flexibility index (Phi) is 5.21. The lowest BCUT2D eigenvalue weighted by Gasteiger charge is -2.27. The molecular formula is C24H23N5O4. The summed E-state index contributed by atoms with van der Waals surface area (Å²) >= 11 is 0. The SMILES string of the molecule is COc1ccc(Nc2ncnc3c2C(c2ccc(OC)c(OC)c2)c2c(n[nH]c2C)O3)cc1. The fourth-order valence-electron chi connectivity index (χ4n) is 4.07. The number of benzene rings is 2. The largest absolute Gasteiger partial charge is 0.497 e. The molecule has 33 heavy (non-hydrogen) atoms. The van der Waals surface area contributed by atoms with Crippen LogP contribution in [0.15, 0.2) is 48.8 Å². The number of methoxy groups -OCH3 is 3. The summed E-state index contributed by atoms with van der Waals surface area (Å²) in [7, 11) is 4.87. The van der Waals surface area contributed by atoms with Crippen molar-refractivity contribution in [1.82, 2.24) is 20.2 Å². The van der Waals surface area contributed by atoms with Crippen molar-refractivity contribution in [3.05, 3.63) is 71.2 Å². The van der Waals surface area contributed by atoms with Crippen molar-refractivity contribution in [3.63, 3.8) is 0 Å². The molecule has 0 saturated carbocycles. The van der Waals surface area contributed by atoms with Crippen molar-refractivity contribution in [2.75, 3.05) is 26.6 Å². The number of rotatable bonds is 6. The van der Waals surface area contributed by atoms with E-state index in [1.807, 2.05) is 49.4 Å². The van der Waals surface area contributed by atoms with Gasteiger partial charge in [-0.1, -0.05) is 6.07 Å². The summed E-state index contributed by atoms with van der Waals surface area (Å²) in [6, 6.07) is 13.5. The molecule has 0 saturated heterocycles. The first kappa shape index (κ1) is 20.6. The summed E-state index contributed by atoms with van der Waals surface area (Å²) in [6.45, 7) is 1.97. The minimum Gasteiger partial charge on any atom is -0.497 e. The van der Waals surface area contributed by atoms with E-state index in [9.17, 15) is 0 Å². The molecule has 4 aromatic rings. The smallest absolute Gasteiger partial charge is 0.244 e. The molecule has 0 fully saturated rings. The second-order valence-corrected chi connectivity index (χ2v) is 7.51. The Bertz CT molecular complexity index is 1300. The minimum atomic E-state index is -0.246. The Morgan fingerprint density at radius 2 is 1.67 bits per heavy atom. The van der Waals surface area contributed by atoms with Crippen LogP contribution < -0.4 is 24.3 Å². The van der Waals surface area contributed by atoms with Crippen LogP contribution in [0, 0.1) is 6.92 Å². The van der Waals surface area contributed by atoms with Gasteiger partial charge in [0.05, 0.1) is 32.8 Å². The summed E-state index contributed by atoms with van der Waals surface area (Å²) in [4.78, 5) is 8.95. The van der Waals surface area contributed by atoms with Gasteiger partial charge >= 0.3 is 0 Å². The van der Waals surface area contributed by atoms with E-state index in [0.717, 1.165) is 33.8 Å². The van der Waals surface area contributed by atoms with Gasteiger partial charge in [0.1, 0.15) is 17.9 Å². The highest BCUT2D eigenvalue weighted by Crippen LogP contribution is 2.50. The molecule has 0 bridgehead atoms. The number of H-pyrrole nitrogens is 1. The van der Waals surface area contributed by atoms with E-state index in [1.165, 1.54) is 6.33 Å². The first-order valence-electron chi connectivity index (χ1n) is 10.3. The summed E-state index contributed by atoms with van der Waals surface area (Å²) in [5.41, 5.74) is 4.45. The van der Waals surface area contributed by atoms with Crippen molar-refractivity contribution in [2.24, 2.45) is 0 Å². The molecule has 2 aromatic carbocycles. The maximum absolute atomic E-state index is 6.06. The lowest BCUT2D eigenvalue weighted by atomic mass is 9.84. The molecule has 0 spiro atoms. The third kappa shape index (κ3) is 3.57. The van der Waals surface area contributed by atoms with Crippen molar-refractivity contribution in [2.45, 2.75) is 12.8 Å². The average Bonchev–Trinajstić information content (AvgIpc) is 3.23. The quantitative estimate of drug-likeness (QED) is 0.392. The van der Waals surface area contributed by atoms with Crippen LogP contribution in [0.2, 0.25) is 0 Å². The van der Waals surface area contributed by atoms with E-state index in [2.05, 4.69) is 25.5 Å². The van der Waals surface area contributed by atoms with E-state index in [0.29, 0.717) is 29.1 Å². The summed E-state index contributed by atoms with van der Waals surface area (Å²) in [5, 5.41) is 10.8. The molecule has 2 N–H and O–H groups in total. The van der Waals surface area contributed by atoms with Gasteiger partial charge in [-0.15, -0.1) is 5.10 Å². The maximum atomic E-state index is 6.06. The highest BCUT2D eigenvalue weighted by molar-refractivity contribution is 5.69. The second-order valence-electron chi connectivity index (χ2n) is 7.51. The molecule has 3 heterocycles. The highest BCUT2D eigenvalue weighted by Gasteiger charge is 2.36. The molecule has 1 unspecified atom stereocenters. The van der Waals surface area contributed by atoms with Gasteiger partial charge in [-0.25, -0.2) is 9.97 Å². The van der Waals surface area contributed by atoms with E-state index in [1.54, 1.807) is 21.3 Å². The van der Waals surface area contributed by atoms with Crippen LogP contribution in [0.3, 0.4) is 0 Å². The number of nitrogens with one attached hydrogen (secondary N) is 2. The lowest BCUT2D eigenvalue weighted by molar-refractivity contribution is 0.354. The Labute approximate surface area is 190 Å². The van der Waals surface area contributed by atoms with Crippen LogP contribution in [-0.4, -0.2) is 41.5 Å². The molecule has 9 nitrogen and oxygen atoms in total. The number of hydrogen-bond acceptors (Lipinski definition) is 8. The fourth-order valence-corrected chi connectivity index (χ4v) is 4.07. The second kappa shape index (κ2) is 8.34. The Balaban J connectivity index is 1.66. The molecule has 5 rings (SSSR count). The third-order valence-corrected chi connectivity index (χ3v) is 5.67. The standard InChI is InChI=1S/C24H23N5O4/c1-13-19-20(14-5-10-17(31-3)18(11-14)32-4)21-22(27-15-6-8-16(30-2)9-7-15)25-12-26-23(21)33-24(19)29-28-13/h5-12,20H,1-4H3,(H,28,29)(H,25,26,27). The molecule has 1 atom stereocenters. The number of aromatic nitrogens is 4. The molecule has 0 amide bonds. The molecule has 0 aliphatic carbocycles. The molecule has 168 valence electrons. The first-order chi connectivity index (χ1) is 16.1. The fraction of sp³-hybridized carbons (Fsp3) is 0.208. The van der Waals surface area contributed by atoms with E-state index in [-0.39, 0.29) is 5.92 Å². The molecule has 1 aliphatic heterocycles. The van der Waals surface area contributed by atoms with E-state index >= 15 is 0 Å². The topological polar surface area (TPSA) is 103 Å². The highest BCUT2D eigenvalue weighted by atomic mass is 16.5. The van der Waals surface area contributed by atoms with Gasteiger partial charge in [-0.3, -0.25) is 5.10 Å². The van der Waals surface area contributed by atoms with Gasteiger partial charge < -0.3 is 24.3 Å².